The zero-order chi connectivity index (χ0) is 12.3. The lowest BCUT2D eigenvalue weighted by Crippen LogP contribution is -2.00. The van der Waals surface area contributed by atoms with Gasteiger partial charge in [-0.05, 0) is 26.0 Å². The van der Waals surface area contributed by atoms with E-state index in [-0.39, 0.29) is 6.61 Å². The highest BCUT2D eigenvalue weighted by Gasteiger charge is 2.06. The van der Waals surface area contributed by atoms with Gasteiger partial charge < -0.3 is 9.84 Å². The Labute approximate surface area is 104 Å². The summed E-state index contributed by atoms with van der Waals surface area (Å²) in [7, 11) is 0. The summed E-state index contributed by atoms with van der Waals surface area (Å²) in [5.74, 6) is 0.629. The van der Waals surface area contributed by atoms with Gasteiger partial charge in [0.1, 0.15) is 18.1 Å². The second kappa shape index (κ2) is 5.25. The molecule has 0 unspecified atom stereocenters. The maximum atomic E-state index is 9.19. The largest absolute Gasteiger partial charge is 0.486 e. The number of aliphatic hydroxyl groups is 1. The van der Waals surface area contributed by atoms with Crippen molar-refractivity contribution >= 4 is 11.3 Å². The van der Waals surface area contributed by atoms with Crippen LogP contribution in [0.4, 0.5) is 0 Å². The first-order valence-electron chi connectivity index (χ1n) is 5.30. The van der Waals surface area contributed by atoms with Gasteiger partial charge in [-0.1, -0.05) is 0 Å². The van der Waals surface area contributed by atoms with E-state index in [4.69, 9.17) is 4.74 Å². The van der Waals surface area contributed by atoms with E-state index in [2.05, 4.69) is 9.97 Å². The minimum atomic E-state index is -0.112. The van der Waals surface area contributed by atoms with E-state index in [1.54, 1.807) is 17.5 Å². The second-order valence-corrected chi connectivity index (χ2v) is 5.01. The molecular weight excluding hydrogens is 236 g/mol. The molecule has 0 radical (unpaired) electrons. The summed E-state index contributed by atoms with van der Waals surface area (Å²) in [5.41, 5.74) is 1.45. The van der Waals surface area contributed by atoms with Crippen LogP contribution in [0.15, 0.2) is 18.3 Å². The molecule has 5 heteroatoms. The normalized spacial score (nSPS) is 10.5. The van der Waals surface area contributed by atoms with Crippen molar-refractivity contribution in [1.29, 1.82) is 0 Å². The van der Waals surface area contributed by atoms with Crippen molar-refractivity contribution in [2.45, 2.75) is 27.1 Å². The molecule has 0 aromatic carbocycles. The fourth-order valence-corrected chi connectivity index (χ4v) is 2.17. The fraction of sp³-hybridized carbons (Fsp3) is 0.333. The number of aliphatic hydroxyl groups excluding tert-OH is 1. The molecule has 0 fully saturated rings. The zero-order valence-electron chi connectivity index (χ0n) is 9.80. The van der Waals surface area contributed by atoms with Crippen LogP contribution in [0.3, 0.4) is 0 Å². The Balaban J connectivity index is 2.08. The van der Waals surface area contributed by atoms with Crippen molar-refractivity contribution in [2.75, 3.05) is 0 Å². The Morgan fingerprint density at radius 3 is 2.82 bits per heavy atom. The zero-order valence-corrected chi connectivity index (χ0v) is 10.6. The summed E-state index contributed by atoms with van der Waals surface area (Å²) in [4.78, 5) is 9.44. The van der Waals surface area contributed by atoms with Crippen LogP contribution in [0.2, 0.25) is 0 Å². The van der Waals surface area contributed by atoms with Gasteiger partial charge in [-0.25, -0.2) is 4.98 Å². The van der Waals surface area contributed by atoms with Crippen LogP contribution in [0.1, 0.15) is 21.3 Å². The van der Waals surface area contributed by atoms with Gasteiger partial charge in [-0.2, -0.15) is 0 Å². The van der Waals surface area contributed by atoms with Gasteiger partial charge in [0.2, 0.25) is 0 Å². The van der Waals surface area contributed by atoms with Gasteiger partial charge in [-0.3, -0.25) is 4.98 Å². The molecule has 17 heavy (non-hydrogen) atoms. The van der Waals surface area contributed by atoms with Crippen LogP contribution in [0.25, 0.3) is 0 Å². The average Bonchev–Trinajstić information content (AvgIpc) is 2.73. The topological polar surface area (TPSA) is 55.2 Å². The van der Waals surface area contributed by atoms with Gasteiger partial charge in [0.25, 0.3) is 0 Å². The maximum Gasteiger partial charge on any atom is 0.143 e. The summed E-state index contributed by atoms with van der Waals surface area (Å²) in [5, 5.41) is 10.2. The lowest BCUT2D eigenvalue weighted by molar-refractivity contribution is 0.254. The minimum Gasteiger partial charge on any atom is -0.486 e. The van der Waals surface area contributed by atoms with Crippen molar-refractivity contribution < 1.29 is 9.84 Å². The number of pyridine rings is 1. The molecule has 0 aliphatic rings. The highest BCUT2D eigenvalue weighted by atomic mass is 32.1. The number of hydrogen-bond donors (Lipinski definition) is 1. The van der Waals surface area contributed by atoms with E-state index in [0.29, 0.717) is 18.1 Å². The summed E-state index contributed by atoms with van der Waals surface area (Å²) in [6.45, 7) is 4.19. The molecule has 2 aromatic rings. The molecule has 2 rings (SSSR count). The third-order valence-electron chi connectivity index (χ3n) is 2.26. The highest BCUT2D eigenvalue weighted by molar-refractivity contribution is 7.11. The molecular formula is C12H14N2O2S. The Morgan fingerprint density at radius 1 is 1.35 bits per heavy atom. The van der Waals surface area contributed by atoms with E-state index in [1.807, 2.05) is 26.0 Å². The van der Waals surface area contributed by atoms with Gasteiger partial charge in [0.05, 0.1) is 16.5 Å². The Hall–Kier alpha value is -1.46. The summed E-state index contributed by atoms with van der Waals surface area (Å²) in [6.07, 6.45) is 1.81. The van der Waals surface area contributed by atoms with Gasteiger partial charge in [-0.15, -0.1) is 11.3 Å². The minimum absolute atomic E-state index is 0.112. The lowest BCUT2D eigenvalue weighted by atomic mass is 10.3. The summed E-state index contributed by atoms with van der Waals surface area (Å²) < 4.78 is 5.63. The fourth-order valence-electron chi connectivity index (χ4n) is 1.46. The number of thiazole rings is 1. The average molecular weight is 250 g/mol. The van der Waals surface area contributed by atoms with Crippen LogP contribution in [0, 0.1) is 13.8 Å². The van der Waals surface area contributed by atoms with Gasteiger partial charge in [0.15, 0.2) is 0 Å². The second-order valence-electron chi connectivity index (χ2n) is 3.69. The van der Waals surface area contributed by atoms with Crippen LogP contribution in [-0.4, -0.2) is 15.1 Å². The molecule has 0 bridgehead atoms. The SMILES string of the molecule is Cc1ccc(OCc2cnc(C)s2)c(CO)n1. The molecule has 2 aromatic heterocycles. The van der Waals surface area contributed by atoms with Gasteiger partial charge in [0, 0.05) is 11.9 Å². The van der Waals surface area contributed by atoms with Crippen LogP contribution >= 0.6 is 11.3 Å². The quantitative estimate of drug-likeness (QED) is 0.904. The van der Waals surface area contributed by atoms with E-state index in [1.165, 1.54) is 0 Å². The lowest BCUT2D eigenvalue weighted by Gasteiger charge is -2.08. The summed E-state index contributed by atoms with van der Waals surface area (Å²) in [6, 6.07) is 3.70. The van der Waals surface area contributed by atoms with E-state index in [0.717, 1.165) is 15.6 Å². The maximum absolute atomic E-state index is 9.19. The van der Waals surface area contributed by atoms with Crippen molar-refractivity contribution in [2.24, 2.45) is 0 Å². The highest BCUT2D eigenvalue weighted by Crippen LogP contribution is 2.20. The van der Waals surface area contributed by atoms with Crippen molar-refractivity contribution in [3.63, 3.8) is 0 Å². The van der Waals surface area contributed by atoms with Crippen LogP contribution in [0.5, 0.6) is 5.75 Å². The number of ether oxygens (including phenoxy) is 1. The first-order chi connectivity index (χ1) is 8.19. The van der Waals surface area contributed by atoms with Crippen LogP contribution < -0.4 is 4.74 Å². The van der Waals surface area contributed by atoms with Crippen molar-refractivity contribution in [3.8, 4) is 5.75 Å². The number of aryl methyl sites for hydroxylation is 2. The number of aromatic nitrogens is 2. The smallest absolute Gasteiger partial charge is 0.143 e. The first-order valence-corrected chi connectivity index (χ1v) is 6.12. The van der Waals surface area contributed by atoms with Gasteiger partial charge >= 0.3 is 0 Å². The Bertz CT molecular complexity index is 511. The monoisotopic (exact) mass is 250 g/mol. The molecule has 0 spiro atoms. The molecule has 2 heterocycles. The van der Waals surface area contributed by atoms with E-state index < -0.39 is 0 Å². The van der Waals surface area contributed by atoms with Crippen molar-refractivity contribution in [1.82, 2.24) is 9.97 Å². The Kier molecular flexibility index (Phi) is 3.71. The third-order valence-corrected chi connectivity index (χ3v) is 3.15. The molecule has 0 aliphatic carbocycles. The molecule has 0 atom stereocenters. The number of rotatable bonds is 4. The first kappa shape index (κ1) is 12.0. The standard InChI is InChI=1S/C12H14N2O2S/c1-8-3-4-12(11(6-15)14-8)16-7-10-5-13-9(2)17-10/h3-5,15H,6-7H2,1-2H3. The Morgan fingerprint density at radius 2 is 2.18 bits per heavy atom. The third kappa shape index (κ3) is 3.01. The molecule has 0 amide bonds. The predicted octanol–water partition coefficient (Wildman–Crippen LogP) is 2.23. The van der Waals surface area contributed by atoms with E-state index in [9.17, 15) is 5.11 Å². The van der Waals surface area contributed by atoms with E-state index >= 15 is 0 Å². The van der Waals surface area contributed by atoms with Crippen LogP contribution in [-0.2, 0) is 13.2 Å². The van der Waals surface area contributed by atoms with Crippen molar-refractivity contribution in [3.05, 3.63) is 39.6 Å². The molecule has 0 saturated heterocycles. The molecule has 0 aliphatic heterocycles. The number of nitrogens with zero attached hydrogens (tertiary/aromatic N) is 2. The molecule has 1 N–H and O–H groups in total. The predicted molar refractivity (Wildman–Crippen MR) is 66.1 cm³/mol. The molecule has 4 nitrogen and oxygen atoms in total. The molecule has 90 valence electrons. The molecule has 0 saturated carbocycles. The summed E-state index contributed by atoms with van der Waals surface area (Å²) >= 11 is 1.60. The number of hydrogen-bond acceptors (Lipinski definition) is 5.